The highest BCUT2D eigenvalue weighted by Crippen LogP contribution is 2.24. The Labute approximate surface area is 199 Å². The van der Waals surface area contributed by atoms with Gasteiger partial charge in [0.2, 0.25) is 0 Å². The molecule has 0 spiro atoms. The number of nitrogens with one attached hydrogen (secondary N) is 1. The molecular weight excluding hydrogens is 491 g/mol. The highest BCUT2D eigenvalue weighted by molar-refractivity contribution is 14.0. The van der Waals surface area contributed by atoms with Crippen LogP contribution in [0.4, 0.5) is 0 Å². The fourth-order valence-corrected chi connectivity index (χ4v) is 4.72. The maximum absolute atomic E-state index is 6.03. The molecule has 0 aliphatic carbocycles. The van der Waals surface area contributed by atoms with Crippen molar-refractivity contribution >= 4 is 29.9 Å². The first-order valence-corrected chi connectivity index (χ1v) is 11.5. The summed E-state index contributed by atoms with van der Waals surface area (Å²) in [6.07, 6.45) is 9.13. The molecule has 1 N–H and O–H groups in total. The molecule has 0 aromatic carbocycles. The Kier molecular flexibility index (Phi) is 10.9. The Morgan fingerprint density at radius 1 is 1.23 bits per heavy atom. The summed E-state index contributed by atoms with van der Waals surface area (Å²) in [5, 5.41) is 7.84. The van der Waals surface area contributed by atoms with E-state index in [1.807, 2.05) is 17.9 Å². The van der Waals surface area contributed by atoms with Crippen LogP contribution in [0.5, 0.6) is 0 Å². The SMILES string of the molecule is CCNC(=NCC(C(CC)CC)N1CCCC1)N1CCOC(c2cnn(C)c2)C1.I. The predicted octanol–water partition coefficient (Wildman–Crippen LogP) is 3.28. The lowest BCUT2D eigenvalue weighted by Gasteiger charge is -2.36. The zero-order valence-corrected chi connectivity index (χ0v) is 21.5. The number of ether oxygens (including phenoxy) is 1. The van der Waals surface area contributed by atoms with Crippen LogP contribution in [-0.2, 0) is 11.8 Å². The van der Waals surface area contributed by atoms with Gasteiger partial charge in [-0.25, -0.2) is 0 Å². The Bertz CT molecular complexity index is 639. The standard InChI is InChI=1S/C22H40N6O.HI/c1-5-18(6-2)20(27-10-8-9-11-27)15-24-22(23-7-3)28-12-13-29-21(17-28)19-14-25-26(4)16-19;/h14,16,18,20-21H,5-13,15,17H2,1-4H3,(H,23,24);1H. The number of aryl methyl sites for hydroxylation is 1. The van der Waals surface area contributed by atoms with Crippen LogP contribution in [0.15, 0.2) is 17.4 Å². The molecule has 8 heteroatoms. The van der Waals surface area contributed by atoms with Crippen molar-refractivity contribution in [2.45, 2.75) is 58.6 Å². The number of nitrogens with zero attached hydrogens (tertiary/aromatic N) is 5. The van der Waals surface area contributed by atoms with Crippen molar-refractivity contribution in [3.63, 3.8) is 0 Å². The van der Waals surface area contributed by atoms with E-state index in [0.717, 1.165) is 37.7 Å². The number of aromatic nitrogens is 2. The van der Waals surface area contributed by atoms with Crippen molar-refractivity contribution in [1.82, 2.24) is 24.9 Å². The largest absolute Gasteiger partial charge is 0.370 e. The normalized spacial score (nSPS) is 21.7. The van der Waals surface area contributed by atoms with Gasteiger partial charge < -0.3 is 15.0 Å². The summed E-state index contributed by atoms with van der Waals surface area (Å²) in [5.74, 6) is 1.74. The molecule has 2 unspecified atom stereocenters. The van der Waals surface area contributed by atoms with Gasteiger partial charge in [0.25, 0.3) is 0 Å². The van der Waals surface area contributed by atoms with E-state index in [1.165, 1.54) is 38.8 Å². The van der Waals surface area contributed by atoms with Crippen molar-refractivity contribution in [1.29, 1.82) is 0 Å². The van der Waals surface area contributed by atoms with Crippen molar-refractivity contribution in [3.8, 4) is 0 Å². The van der Waals surface area contributed by atoms with Crippen LogP contribution in [0.1, 0.15) is 58.1 Å². The smallest absolute Gasteiger partial charge is 0.194 e. The number of hydrogen-bond acceptors (Lipinski definition) is 4. The van der Waals surface area contributed by atoms with Gasteiger partial charge in [-0.05, 0) is 38.8 Å². The van der Waals surface area contributed by atoms with E-state index in [-0.39, 0.29) is 30.1 Å². The third-order valence-corrected chi connectivity index (χ3v) is 6.43. The zero-order valence-electron chi connectivity index (χ0n) is 19.2. The average Bonchev–Trinajstić information content (AvgIpc) is 3.42. The second kappa shape index (κ2) is 12.9. The number of guanidine groups is 1. The molecule has 172 valence electrons. The summed E-state index contributed by atoms with van der Waals surface area (Å²) < 4.78 is 7.87. The lowest BCUT2D eigenvalue weighted by molar-refractivity contribution is -0.00810. The second-order valence-electron chi connectivity index (χ2n) is 8.33. The molecule has 0 saturated carbocycles. The highest BCUT2D eigenvalue weighted by Gasteiger charge is 2.29. The van der Waals surface area contributed by atoms with Gasteiger partial charge >= 0.3 is 0 Å². The van der Waals surface area contributed by atoms with E-state index in [4.69, 9.17) is 9.73 Å². The van der Waals surface area contributed by atoms with Gasteiger partial charge in [-0.2, -0.15) is 5.10 Å². The molecule has 7 nitrogen and oxygen atoms in total. The Morgan fingerprint density at radius 3 is 2.57 bits per heavy atom. The highest BCUT2D eigenvalue weighted by atomic mass is 127. The molecule has 1 aromatic heterocycles. The van der Waals surface area contributed by atoms with Crippen molar-refractivity contribution < 1.29 is 4.74 Å². The molecule has 3 heterocycles. The van der Waals surface area contributed by atoms with Gasteiger partial charge in [0, 0.05) is 37.9 Å². The van der Waals surface area contributed by atoms with E-state index in [2.05, 4.69) is 47.2 Å². The zero-order chi connectivity index (χ0) is 20.6. The molecular formula is C22H41IN6O. The Hall–Kier alpha value is -0.870. The minimum Gasteiger partial charge on any atom is -0.370 e. The number of halogens is 1. The minimum absolute atomic E-state index is 0. The van der Waals surface area contributed by atoms with Crippen molar-refractivity contribution in [3.05, 3.63) is 18.0 Å². The van der Waals surface area contributed by atoms with E-state index in [9.17, 15) is 0 Å². The molecule has 2 aliphatic heterocycles. The van der Waals surface area contributed by atoms with Gasteiger partial charge in [-0.3, -0.25) is 14.6 Å². The molecule has 1 aromatic rings. The second-order valence-corrected chi connectivity index (χ2v) is 8.33. The number of morpholine rings is 1. The quantitative estimate of drug-likeness (QED) is 0.317. The number of hydrogen-bond donors (Lipinski definition) is 1. The number of aliphatic imine (C=N–C) groups is 1. The Morgan fingerprint density at radius 2 is 1.97 bits per heavy atom. The van der Waals surface area contributed by atoms with Gasteiger partial charge in [-0.1, -0.05) is 26.7 Å². The third kappa shape index (κ3) is 6.56. The first-order chi connectivity index (χ1) is 14.2. The fraction of sp³-hybridized carbons (Fsp3) is 0.818. The monoisotopic (exact) mass is 532 g/mol. The van der Waals surface area contributed by atoms with Crippen molar-refractivity contribution in [2.75, 3.05) is 45.9 Å². The van der Waals surface area contributed by atoms with Crippen LogP contribution < -0.4 is 5.32 Å². The fourth-order valence-electron chi connectivity index (χ4n) is 4.72. The molecule has 2 fully saturated rings. The van der Waals surface area contributed by atoms with Crippen LogP contribution in [0.3, 0.4) is 0 Å². The lowest BCUT2D eigenvalue weighted by Crippen LogP contribution is -2.49. The minimum atomic E-state index is 0. The molecule has 2 aliphatic rings. The van der Waals surface area contributed by atoms with E-state index in [1.54, 1.807) is 0 Å². The molecule has 0 radical (unpaired) electrons. The first kappa shape index (κ1) is 25.4. The van der Waals surface area contributed by atoms with Gasteiger partial charge in [0.05, 0.1) is 25.9 Å². The molecule has 3 rings (SSSR count). The summed E-state index contributed by atoms with van der Waals surface area (Å²) >= 11 is 0. The summed E-state index contributed by atoms with van der Waals surface area (Å²) in [7, 11) is 1.95. The van der Waals surface area contributed by atoms with Crippen LogP contribution in [0, 0.1) is 5.92 Å². The van der Waals surface area contributed by atoms with Crippen LogP contribution in [0.25, 0.3) is 0 Å². The van der Waals surface area contributed by atoms with Gasteiger partial charge in [0.1, 0.15) is 6.10 Å². The summed E-state index contributed by atoms with van der Waals surface area (Å²) in [6.45, 7) is 13.4. The lowest BCUT2D eigenvalue weighted by atomic mass is 9.93. The first-order valence-electron chi connectivity index (χ1n) is 11.5. The topological polar surface area (TPSA) is 57.9 Å². The molecule has 0 amide bonds. The maximum atomic E-state index is 6.03. The molecule has 2 saturated heterocycles. The summed E-state index contributed by atoms with van der Waals surface area (Å²) in [4.78, 5) is 10.2. The molecule has 30 heavy (non-hydrogen) atoms. The Balaban J connectivity index is 0.00000320. The van der Waals surface area contributed by atoms with Crippen molar-refractivity contribution in [2.24, 2.45) is 18.0 Å². The van der Waals surface area contributed by atoms with Crippen LogP contribution in [-0.4, -0.2) is 77.5 Å². The van der Waals surface area contributed by atoms with Crippen LogP contribution in [0.2, 0.25) is 0 Å². The van der Waals surface area contributed by atoms with E-state index < -0.39 is 0 Å². The summed E-state index contributed by atoms with van der Waals surface area (Å²) in [6, 6.07) is 0.552. The average molecular weight is 533 g/mol. The predicted molar refractivity (Wildman–Crippen MR) is 134 cm³/mol. The third-order valence-electron chi connectivity index (χ3n) is 6.43. The number of likely N-dealkylation sites (tertiary alicyclic amines) is 1. The molecule has 2 atom stereocenters. The van der Waals surface area contributed by atoms with E-state index >= 15 is 0 Å². The van der Waals surface area contributed by atoms with Gasteiger partial charge in [0.15, 0.2) is 5.96 Å². The van der Waals surface area contributed by atoms with Gasteiger partial charge in [-0.15, -0.1) is 24.0 Å². The maximum Gasteiger partial charge on any atom is 0.194 e. The van der Waals surface area contributed by atoms with E-state index in [0.29, 0.717) is 18.6 Å². The molecule has 0 bridgehead atoms. The number of rotatable bonds is 8. The summed E-state index contributed by atoms with van der Waals surface area (Å²) in [5.41, 5.74) is 1.14. The van der Waals surface area contributed by atoms with Crippen LogP contribution >= 0.6 is 24.0 Å².